The van der Waals surface area contributed by atoms with Crippen LogP contribution in [0.5, 0.6) is 5.75 Å². The summed E-state index contributed by atoms with van der Waals surface area (Å²) in [6.45, 7) is 3.85. The lowest BCUT2D eigenvalue weighted by atomic mass is 10.2. The fourth-order valence-electron chi connectivity index (χ4n) is 2.38. The Morgan fingerprint density at radius 3 is 2.46 bits per heavy atom. The van der Waals surface area contributed by atoms with E-state index in [4.69, 9.17) is 9.47 Å². The maximum absolute atomic E-state index is 13.6. The Balaban J connectivity index is 1.89. The minimum absolute atomic E-state index is 0.161. The number of hydrogen-bond donors (Lipinski definition) is 0. The van der Waals surface area contributed by atoms with Gasteiger partial charge in [0, 0.05) is 32.3 Å². The smallest absolute Gasteiger partial charge is 0.409 e. The molecule has 0 bridgehead atoms. The molecular formula is C17H21FN2O4. The molecule has 1 fully saturated rings. The number of piperazine rings is 1. The maximum atomic E-state index is 13.6. The molecule has 1 aromatic rings. The third-order valence-corrected chi connectivity index (χ3v) is 3.71. The van der Waals surface area contributed by atoms with Gasteiger partial charge < -0.3 is 19.3 Å². The molecule has 0 spiro atoms. The number of nitrogens with zero attached hydrogens (tertiary/aromatic N) is 2. The maximum Gasteiger partial charge on any atom is 0.409 e. The van der Waals surface area contributed by atoms with Crippen LogP contribution < -0.4 is 4.74 Å². The standard InChI is InChI=1S/C17H21FN2O4/c1-3-24-17(22)20-10-8-19(9-11-20)16(21)7-5-13-4-6-15(23-2)14(18)12-13/h4-7,12H,3,8-11H2,1-2H3/b7-5+. The molecule has 1 aliphatic heterocycles. The summed E-state index contributed by atoms with van der Waals surface area (Å²) in [7, 11) is 1.40. The first-order valence-electron chi connectivity index (χ1n) is 7.77. The predicted molar refractivity (Wildman–Crippen MR) is 87.2 cm³/mol. The van der Waals surface area contributed by atoms with Crippen molar-refractivity contribution in [2.24, 2.45) is 0 Å². The first-order chi connectivity index (χ1) is 11.5. The molecule has 7 heteroatoms. The van der Waals surface area contributed by atoms with E-state index in [1.165, 1.54) is 25.3 Å². The largest absolute Gasteiger partial charge is 0.494 e. The van der Waals surface area contributed by atoms with Crippen molar-refractivity contribution in [3.8, 4) is 5.75 Å². The lowest BCUT2D eigenvalue weighted by molar-refractivity contribution is -0.127. The van der Waals surface area contributed by atoms with E-state index in [1.54, 1.807) is 28.9 Å². The van der Waals surface area contributed by atoms with Gasteiger partial charge in [0.25, 0.3) is 0 Å². The monoisotopic (exact) mass is 336 g/mol. The summed E-state index contributed by atoms with van der Waals surface area (Å²) < 4.78 is 23.4. The van der Waals surface area contributed by atoms with Crippen molar-refractivity contribution in [2.45, 2.75) is 6.92 Å². The first-order valence-corrected chi connectivity index (χ1v) is 7.77. The number of ether oxygens (including phenoxy) is 2. The Morgan fingerprint density at radius 1 is 1.21 bits per heavy atom. The van der Waals surface area contributed by atoms with Gasteiger partial charge in [0.2, 0.25) is 5.91 Å². The average Bonchev–Trinajstić information content (AvgIpc) is 2.60. The van der Waals surface area contributed by atoms with Gasteiger partial charge in [-0.1, -0.05) is 6.07 Å². The minimum Gasteiger partial charge on any atom is -0.494 e. The Hall–Kier alpha value is -2.57. The van der Waals surface area contributed by atoms with Crippen molar-refractivity contribution in [2.75, 3.05) is 39.9 Å². The number of methoxy groups -OCH3 is 1. The van der Waals surface area contributed by atoms with Gasteiger partial charge in [-0.15, -0.1) is 0 Å². The Bertz CT molecular complexity index is 625. The molecule has 2 amide bonds. The topological polar surface area (TPSA) is 59.1 Å². The highest BCUT2D eigenvalue weighted by atomic mass is 19.1. The van der Waals surface area contributed by atoms with Gasteiger partial charge >= 0.3 is 6.09 Å². The summed E-state index contributed by atoms with van der Waals surface area (Å²) in [6, 6.07) is 4.49. The molecule has 0 aliphatic carbocycles. The molecule has 2 rings (SSSR count). The van der Waals surface area contributed by atoms with Crippen molar-refractivity contribution >= 4 is 18.1 Å². The van der Waals surface area contributed by atoms with Gasteiger partial charge in [-0.2, -0.15) is 0 Å². The number of hydrogen-bond acceptors (Lipinski definition) is 4. The van der Waals surface area contributed by atoms with Crippen LogP contribution in [0.25, 0.3) is 6.08 Å². The van der Waals surface area contributed by atoms with Gasteiger partial charge in [-0.25, -0.2) is 9.18 Å². The van der Waals surface area contributed by atoms with Crippen LogP contribution in [0, 0.1) is 5.82 Å². The molecule has 1 heterocycles. The van der Waals surface area contributed by atoms with E-state index < -0.39 is 5.82 Å². The third kappa shape index (κ3) is 4.47. The van der Waals surface area contributed by atoms with Crippen molar-refractivity contribution in [3.63, 3.8) is 0 Å². The van der Waals surface area contributed by atoms with E-state index in [1.807, 2.05) is 0 Å². The summed E-state index contributed by atoms with van der Waals surface area (Å²) >= 11 is 0. The van der Waals surface area contributed by atoms with Gasteiger partial charge in [-0.05, 0) is 30.7 Å². The highest BCUT2D eigenvalue weighted by Crippen LogP contribution is 2.18. The molecule has 6 nitrogen and oxygen atoms in total. The second-order valence-corrected chi connectivity index (χ2v) is 5.24. The van der Waals surface area contributed by atoms with Crippen LogP contribution in [0.1, 0.15) is 12.5 Å². The number of amides is 2. The SMILES string of the molecule is CCOC(=O)N1CCN(C(=O)/C=C/c2ccc(OC)c(F)c2)CC1. The molecule has 1 saturated heterocycles. The molecule has 0 radical (unpaired) electrons. The van der Waals surface area contributed by atoms with Crippen molar-refractivity contribution in [1.82, 2.24) is 9.80 Å². The molecule has 0 unspecified atom stereocenters. The molecule has 0 N–H and O–H groups in total. The lowest BCUT2D eigenvalue weighted by Gasteiger charge is -2.33. The summed E-state index contributed by atoms with van der Waals surface area (Å²) in [6.07, 6.45) is 2.61. The summed E-state index contributed by atoms with van der Waals surface area (Å²) in [5, 5.41) is 0. The summed E-state index contributed by atoms with van der Waals surface area (Å²) in [5.41, 5.74) is 0.576. The molecule has 0 aromatic heterocycles. The van der Waals surface area contributed by atoms with Crippen LogP contribution in [-0.2, 0) is 9.53 Å². The molecule has 1 aliphatic rings. The zero-order chi connectivity index (χ0) is 17.5. The predicted octanol–water partition coefficient (Wildman–Crippen LogP) is 2.15. The van der Waals surface area contributed by atoms with Crippen LogP contribution in [-0.4, -0.2) is 61.7 Å². The molecule has 0 saturated carbocycles. The normalized spacial score (nSPS) is 14.8. The van der Waals surface area contributed by atoms with Crippen LogP contribution in [0.4, 0.5) is 9.18 Å². The molecule has 0 atom stereocenters. The molecule has 24 heavy (non-hydrogen) atoms. The first kappa shape index (κ1) is 17.8. The zero-order valence-electron chi connectivity index (χ0n) is 13.8. The van der Waals surface area contributed by atoms with Gasteiger partial charge in [0.1, 0.15) is 0 Å². The highest BCUT2D eigenvalue weighted by molar-refractivity contribution is 5.92. The number of carbonyl (C=O) groups is 2. The Labute approximate surface area is 140 Å². The number of carbonyl (C=O) groups excluding carboxylic acids is 2. The molecule has 130 valence electrons. The van der Waals surface area contributed by atoms with Gasteiger partial charge in [0.05, 0.1) is 13.7 Å². The quantitative estimate of drug-likeness (QED) is 0.791. The zero-order valence-corrected chi connectivity index (χ0v) is 13.8. The van der Waals surface area contributed by atoms with Crippen LogP contribution in [0.15, 0.2) is 24.3 Å². The second-order valence-electron chi connectivity index (χ2n) is 5.24. The van der Waals surface area contributed by atoms with Crippen LogP contribution >= 0.6 is 0 Å². The number of halogens is 1. The Kier molecular flexibility index (Phi) is 6.17. The highest BCUT2D eigenvalue weighted by Gasteiger charge is 2.23. The van der Waals surface area contributed by atoms with E-state index in [9.17, 15) is 14.0 Å². The molecular weight excluding hydrogens is 315 g/mol. The van der Waals surface area contributed by atoms with E-state index in [0.29, 0.717) is 38.3 Å². The van der Waals surface area contributed by atoms with E-state index in [2.05, 4.69) is 0 Å². The van der Waals surface area contributed by atoms with Crippen molar-refractivity contribution < 1.29 is 23.5 Å². The van der Waals surface area contributed by atoms with E-state index in [-0.39, 0.29) is 17.7 Å². The van der Waals surface area contributed by atoms with E-state index >= 15 is 0 Å². The summed E-state index contributed by atoms with van der Waals surface area (Å²) in [5.74, 6) is -0.488. The fraction of sp³-hybridized carbons (Fsp3) is 0.412. The van der Waals surface area contributed by atoms with Crippen LogP contribution in [0.3, 0.4) is 0 Å². The van der Waals surface area contributed by atoms with E-state index in [0.717, 1.165) is 0 Å². The second kappa shape index (κ2) is 8.33. The van der Waals surface area contributed by atoms with Gasteiger partial charge in [-0.3, -0.25) is 4.79 Å². The number of rotatable bonds is 4. The minimum atomic E-state index is -0.477. The van der Waals surface area contributed by atoms with Crippen molar-refractivity contribution in [3.05, 3.63) is 35.7 Å². The van der Waals surface area contributed by atoms with Crippen LogP contribution in [0.2, 0.25) is 0 Å². The lowest BCUT2D eigenvalue weighted by Crippen LogP contribution is -2.50. The fourth-order valence-corrected chi connectivity index (χ4v) is 2.38. The van der Waals surface area contributed by atoms with Gasteiger partial charge in [0.15, 0.2) is 11.6 Å². The van der Waals surface area contributed by atoms with Crippen molar-refractivity contribution in [1.29, 1.82) is 0 Å². The summed E-state index contributed by atoms with van der Waals surface area (Å²) in [4.78, 5) is 27.0. The Morgan fingerprint density at radius 2 is 1.88 bits per heavy atom. The molecule has 1 aromatic carbocycles. The average molecular weight is 336 g/mol. The number of benzene rings is 1. The third-order valence-electron chi connectivity index (χ3n) is 3.71.